The Morgan fingerprint density at radius 2 is 0.840 bits per heavy atom. The summed E-state index contributed by atoms with van der Waals surface area (Å²) in [5, 5.41) is 5.81. The average molecular weight is 676 g/mol. The number of hydrogen-bond donors (Lipinski definition) is 2. The maximum Gasteiger partial charge on any atom is 0.258 e. The number of aryl methyl sites for hydroxylation is 2. The van der Waals surface area contributed by atoms with Crippen LogP contribution in [0, 0.1) is 0 Å². The minimum absolute atomic E-state index is 0.0910. The largest absolute Gasteiger partial charge is 0.290 e. The number of hydrogen-bond acceptors (Lipinski definition) is 5. The topological polar surface area (TPSA) is 96.9 Å². The van der Waals surface area contributed by atoms with Gasteiger partial charge in [0.05, 0.1) is 0 Å². The van der Waals surface area contributed by atoms with E-state index in [0.29, 0.717) is 17.0 Å². The summed E-state index contributed by atoms with van der Waals surface area (Å²) < 4.78 is 0. The van der Waals surface area contributed by atoms with Gasteiger partial charge in [-0.3, -0.25) is 20.2 Å². The van der Waals surface area contributed by atoms with Crippen LogP contribution in [-0.2, 0) is 12.8 Å². The zero-order valence-electron chi connectivity index (χ0n) is 30.4. The lowest BCUT2D eigenvalue weighted by molar-refractivity contribution is 0.101. The fourth-order valence-electron chi connectivity index (χ4n) is 6.36. The standard InChI is InChI=1S/C43H57N5O2/c1-3-5-7-9-11-13-15-18-26-34-28-22-24-32-37(34)40(49)46-42-44-39(36-30-20-17-21-31-36)45-43(48-42)47-41(50)38-33-25-23-29-35(38)27-19-16-14-12-10-8-6-4-2/h17,20-25,28-33H,3-16,18-19,26-27H2,1-2H3,(H2,44,45,46,47,48,49,50). The fourth-order valence-corrected chi connectivity index (χ4v) is 6.36. The monoisotopic (exact) mass is 675 g/mol. The maximum absolute atomic E-state index is 13.6. The number of carbonyl (C=O) groups excluding carboxylic acids is 2. The Morgan fingerprint density at radius 3 is 1.28 bits per heavy atom. The number of benzene rings is 3. The molecule has 1 aromatic heterocycles. The molecule has 2 N–H and O–H groups in total. The summed E-state index contributed by atoms with van der Waals surface area (Å²) in [5.41, 5.74) is 3.99. The summed E-state index contributed by atoms with van der Waals surface area (Å²) in [6, 6.07) is 25.0. The van der Waals surface area contributed by atoms with Crippen LogP contribution in [-0.4, -0.2) is 26.8 Å². The van der Waals surface area contributed by atoms with Crippen molar-refractivity contribution in [2.45, 2.75) is 129 Å². The van der Waals surface area contributed by atoms with Gasteiger partial charge in [-0.25, -0.2) is 0 Å². The van der Waals surface area contributed by atoms with Crippen LogP contribution >= 0.6 is 0 Å². The van der Waals surface area contributed by atoms with Gasteiger partial charge < -0.3 is 0 Å². The molecule has 0 unspecified atom stereocenters. The van der Waals surface area contributed by atoms with E-state index >= 15 is 0 Å². The Bertz CT molecular complexity index is 1490. The van der Waals surface area contributed by atoms with Gasteiger partial charge in [0, 0.05) is 16.7 Å². The molecule has 4 rings (SSSR count). The van der Waals surface area contributed by atoms with Gasteiger partial charge in [0.25, 0.3) is 11.8 Å². The summed E-state index contributed by atoms with van der Waals surface area (Å²) in [4.78, 5) is 40.9. The van der Waals surface area contributed by atoms with E-state index in [1.54, 1.807) is 0 Å². The number of aromatic nitrogens is 3. The van der Waals surface area contributed by atoms with Gasteiger partial charge >= 0.3 is 0 Å². The van der Waals surface area contributed by atoms with Crippen molar-refractivity contribution in [3.63, 3.8) is 0 Å². The molecule has 0 atom stereocenters. The van der Waals surface area contributed by atoms with Crippen LogP contribution in [0.15, 0.2) is 78.9 Å². The first-order valence-electron chi connectivity index (χ1n) is 19.2. The Labute approximate surface area is 300 Å². The highest BCUT2D eigenvalue weighted by molar-refractivity contribution is 6.06. The SMILES string of the molecule is CCCCCCCCCCc1ccccc1C(=O)Nc1nc(NC(=O)c2ccccc2CCCCCCCCCC)nc(-c2ccccc2)n1. The van der Waals surface area contributed by atoms with Crippen molar-refractivity contribution in [3.05, 3.63) is 101 Å². The van der Waals surface area contributed by atoms with Crippen LogP contribution in [0.5, 0.6) is 0 Å². The van der Waals surface area contributed by atoms with Crippen molar-refractivity contribution in [2.24, 2.45) is 0 Å². The molecule has 2 amide bonds. The molecule has 0 saturated heterocycles. The molecule has 0 aliphatic rings. The summed E-state index contributed by atoms with van der Waals surface area (Å²) in [6.07, 6.45) is 21.5. The van der Waals surface area contributed by atoms with E-state index in [1.807, 2.05) is 78.9 Å². The third-order valence-corrected chi connectivity index (χ3v) is 9.24. The van der Waals surface area contributed by atoms with Crippen LogP contribution < -0.4 is 10.6 Å². The van der Waals surface area contributed by atoms with Gasteiger partial charge in [0.2, 0.25) is 11.9 Å². The second kappa shape index (κ2) is 22.4. The second-order valence-corrected chi connectivity index (χ2v) is 13.3. The third kappa shape index (κ3) is 13.1. The van der Waals surface area contributed by atoms with Crippen molar-refractivity contribution >= 4 is 23.7 Å². The summed E-state index contributed by atoms with van der Waals surface area (Å²) >= 11 is 0. The normalized spacial score (nSPS) is 11.0. The number of nitrogens with one attached hydrogen (secondary N) is 2. The first-order chi connectivity index (χ1) is 24.6. The number of amides is 2. The van der Waals surface area contributed by atoms with Crippen LogP contribution in [0.3, 0.4) is 0 Å². The molecule has 0 fully saturated rings. The van der Waals surface area contributed by atoms with Gasteiger partial charge in [-0.2, -0.15) is 15.0 Å². The molecule has 0 aliphatic heterocycles. The molecule has 4 aromatic rings. The van der Waals surface area contributed by atoms with E-state index in [0.717, 1.165) is 55.2 Å². The predicted octanol–water partition coefficient (Wildman–Crippen LogP) is 11.4. The van der Waals surface area contributed by atoms with Crippen LogP contribution in [0.4, 0.5) is 11.9 Å². The quantitative estimate of drug-likeness (QED) is 0.0763. The zero-order chi connectivity index (χ0) is 35.2. The van der Waals surface area contributed by atoms with E-state index in [4.69, 9.17) is 0 Å². The lowest BCUT2D eigenvalue weighted by Gasteiger charge is -2.13. The van der Waals surface area contributed by atoms with Gasteiger partial charge in [-0.15, -0.1) is 0 Å². The van der Waals surface area contributed by atoms with Crippen LogP contribution in [0.1, 0.15) is 148 Å². The van der Waals surface area contributed by atoms with Crippen molar-refractivity contribution < 1.29 is 9.59 Å². The van der Waals surface area contributed by atoms with Crippen LogP contribution in [0.25, 0.3) is 11.4 Å². The highest BCUT2D eigenvalue weighted by Crippen LogP contribution is 2.21. The molecule has 0 saturated carbocycles. The van der Waals surface area contributed by atoms with Crippen molar-refractivity contribution in [1.82, 2.24) is 15.0 Å². The lowest BCUT2D eigenvalue weighted by Crippen LogP contribution is -2.20. The van der Waals surface area contributed by atoms with Crippen LogP contribution in [0.2, 0.25) is 0 Å². The first-order valence-corrected chi connectivity index (χ1v) is 19.2. The third-order valence-electron chi connectivity index (χ3n) is 9.24. The number of unbranched alkanes of at least 4 members (excludes halogenated alkanes) is 14. The Kier molecular flexibility index (Phi) is 17.2. The number of carbonyl (C=O) groups is 2. The summed E-state index contributed by atoms with van der Waals surface area (Å²) in [7, 11) is 0. The maximum atomic E-state index is 13.6. The van der Waals surface area contributed by atoms with Gasteiger partial charge in [-0.1, -0.05) is 170 Å². The molecular formula is C43H57N5O2. The van der Waals surface area contributed by atoms with E-state index in [9.17, 15) is 9.59 Å². The smallest absolute Gasteiger partial charge is 0.258 e. The van der Waals surface area contributed by atoms with E-state index < -0.39 is 0 Å². The number of anilines is 2. The lowest BCUT2D eigenvalue weighted by atomic mass is 9.99. The Balaban J connectivity index is 1.43. The fraction of sp³-hybridized carbons (Fsp3) is 0.465. The van der Waals surface area contributed by atoms with Gasteiger partial charge in [-0.05, 0) is 48.9 Å². The molecule has 3 aromatic carbocycles. The highest BCUT2D eigenvalue weighted by Gasteiger charge is 2.18. The van der Waals surface area contributed by atoms with Gasteiger partial charge in [0.15, 0.2) is 5.82 Å². The molecule has 0 aliphatic carbocycles. The average Bonchev–Trinajstić information content (AvgIpc) is 3.14. The van der Waals surface area contributed by atoms with E-state index in [2.05, 4.69) is 39.4 Å². The zero-order valence-corrected chi connectivity index (χ0v) is 30.4. The first kappa shape index (κ1) is 38.4. The molecular weight excluding hydrogens is 619 g/mol. The van der Waals surface area contributed by atoms with E-state index in [-0.39, 0.29) is 23.7 Å². The minimum Gasteiger partial charge on any atom is -0.290 e. The molecule has 7 heteroatoms. The molecule has 1 heterocycles. The molecule has 7 nitrogen and oxygen atoms in total. The Morgan fingerprint density at radius 1 is 0.460 bits per heavy atom. The van der Waals surface area contributed by atoms with Crippen molar-refractivity contribution in [2.75, 3.05) is 10.6 Å². The molecule has 0 spiro atoms. The molecule has 50 heavy (non-hydrogen) atoms. The number of nitrogens with zero attached hydrogens (tertiary/aromatic N) is 3. The van der Waals surface area contributed by atoms with E-state index in [1.165, 1.54) is 77.0 Å². The Hall–Kier alpha value is -4.39. The second-order valence-electron chi connectivity index (χ2n) is 13.3. The summed E-state index contributed by atoms with van der Waals surface area (Å²) in [6.45, 7) is 4.49. The minimum atomic E-state index is -0.279. The van der Waals surface area contributed by atoms with Crippen molar-refractivity contribution in [1.29, 1.82) is 0 Å². The molecule has 0 bridgehead atoms. The predicted molar refractivity (Wildman–Crippen MR) is 207 cm³/mol. The highest BCUT2D eigenvalue weighted by atomic mass is 16.2. The van der Waals surface area contributed by atoms with Gasteiger partial charge in [0.1, 0.15) is 0 Å². The molecule has 0 radical (unpaired) electrons. The number of rotatable bonds is 23. The van der Waals surface area contributed by atoms with Crippen molar-refractivity contribution in [3.8, 4) is 11.4 Å². The molecule has 266 valence electrons. The summed E-state index contributed by atoms with van der Waals surface area (Å²) in [5.74, 6) is -0.0103.